The monoisotopic (exact) mass is 307 g/mol. The van der Waals surface area contributed by atoms with E-state index < -0.39 is 11.7 Å². The van der Waals surface area contributed by atoms with Gasteiger partial charge >= 0.3 is 6.18 Å². The van der Waals surface area contributed by atoms with Crippen LogP contribution in [0.5, 0.6) is 0 Å². The fourth-order valence-electron chi connectivity index (χ4n) is 1.82. The number of nitrogens with zero attached hydrogens (tertiary/aromatic N) is 2. The minimum absolute atomic E-state index is 0.262. The van der Waals surface area contributed by atoms with Gasteiger partial charge in [-0.15, -0.1) is 0 Å². The largest absolute Gasteiger partial charge is 0.417 e. The number of pyridine rings is 1. The minimum Gasteiger partial charge on any atom is -0.261 e. The van der Waals surface area contributed by atoms with E-state index in [0.717, 1.165) is 30.0 Å². The minimum atomic E-state index is -4.38. The van der Waals surface area contributed by atoms with E-state index in [-0.39, 0.29) is 5.82 Å². The lowest BCUT2D eigenvalue weighted by atomic mass is 10.1. The third-order valence-corrected chi connectivity index (χ3v) is 3.21. The van der Waals surface area contributed by atoms with Crippen molar-refractivity contribution in [1.82, 2.24) is 4.98 Å². The zero-order valence-corrected chi connectivity index (χ0v) is 12.3. The highest BCUT2D eigenvalue weighted by molar-refractivity contribution is 5.99. The Morgan fingerprint density at radius 3 is 2.32 bits per heavy atom. The summed E-state index contributed by atoms with van der Waals surface area (Å²) in [6.45, 7) is 3.89. The highest BCUT2D eigenvalue weighted by Crippen LogP contribution is 2.28. The van der Waals surface area contributed by atoms with E-state index in [1.165, 1.54) is 11.6 Å². The van der Waals surface area contributed by atoms with Gasteiger partial charge in [0.15, 0.2) is 0 Å². The second-order valence-corrected chi connectivity index (χ2v) is 4.79. The molecule has 2 rings (SSSR count). The lowest BCUT2D eigenvalue weighted by Crippen LogP contribution is -2.06. The van der Waals surface area contributed by atoms with Gasteiger partial charge in [-0.1, -0.05) is 31.2 Å². The molecule has 0 aliphatic carbocycles. The summed E-state index contributed by atoms with van der Waals surface area (Å²) in [5.74, 6) is 0.262. The van der Waals surface area contributed by atoms with Gasteiger partial charge in [-0.2, -0.15) is 18.3 Å². The Bertz CT molecular complexity index is 644. The molecule has 2 aromatic rings. The average Bonchev–Trinajstić information content (AvgIpc) is 2.52. The fourth-order valence-corrected chi connectivity index (χ4v) is 1.82. The first-order valence-corrected chi connectivity index (χ1v) is 6.83. The van der Waals surface area contributed by atoms with Crippen molar-refractivity contribution in [3.63, 3.8) is 0 Å². The van der Waals surface area contributed by atoms with Crippen LogP contribution >= 0.6 is 0 Å². The van der Waals surface area contributed by atoms with Crippen LogP contribution in [-0.2, 0) is 12.6 Å². The molecule has 6 heteroatoms. The SMILES string of the molecule is CCc1ccc(/C(C)=N\Nc2ccc(C(F)(F)F)cn2)cc1. The number of alkyl halides is 3. The average molecular weight is 307 g/mol. The molecule has 3 nitrogen and oxygen atoms in total. The Hall–Kier alpha value is -2.37. The maximum atomic E-state index is 12.4. The number of aryl methyl sites for hydroxylation is 1. The highest BCUT2D eigenvalue weighted by Gasteiger charge is 2.30. The summed E-state index contributed by atoms with van der Waals surface area (Å²) >= 11 is 0. The maximum Gasteiger partial charge on any atom is 0.417 e. The Morgan fingerprint density at radius 2 is 1.82 bits per heavy atom. The van der Waals surface area contributed by atoms with Crippen LogP contribution in [0.1, 0.15) is 30.5 Å². The quantitative estimate of drug-likeness (QED) is 0.667. The molecule has 0 amide bonds. The Balaban J connectivity index is 2.06. The number of benzene rings is 1. The molecule has 0 atom stereocenters. The van der Waals surface area contributed by atoms with Crippen LogP contribution in [0.4, 0.5) is 19.0 Å². The third kappa shape index (κ3) is 4.07. The number of hydrogen-bond acceptors (Lipinski definition) is 3. The Kier molecular flexibility index (Phi) is 4.80. The van der Waals surface area contributed by atoms with Crippen LogP contribution in [-0.4, -0.2) is 10.7 Å². The second-order valence-electron chi connectivity index (χ2n) is 4.79. The second kappa shape index (κ2) is 6.60. The van der Waals surface area contributed by atoms with Crippen LogP contribution < -0.4 is 5.43 Å². The summed E-state index contributed by atoms with van der Waals surface area (Å²) in [5.41, 5.74) is 4.77. The number of hydrazone groups is 1. The van der Waals surface area contributed by atoms with Gasteiger partial charge < -0.3 is 0 Å². The first-order valence-electron chi connectivity index (χ1n) is 6.83. The van der Waals surface area contributed by atoms with Crippen LogP contribution in [0.25, 0.3) is 0 Å². The van der Waals surface area contributed by atoms with Gasteiger partial charge in [0.1, 0.15) is 5.82 Å². The van der Waals surface area contributed by atoms with Crippen molar-refractivity contribution in [2.24, 2.45) is 5.10 Å². The molecule has 0 saturated heterocycles. The first-order chi connectivity index (χ1) is 10.4. The zero-order valence-electron chi connectivity index (χ0n) is 12.3. The third-order valence-electron chi connectivity index (χ3n) is 3.21. The van der Waals surface area contributed by atoms with Gasteiger partial charge in [0.2, 0.25) is 0 Å². The first kappa shape index (κ1) is 16.0. The van der Waals surface area contributed by atoms with Gasteiger partial charge in [-0.3, -0.25) is 5.43 Å². The molecule has 0 bridgehead atoms. The number of rotatable bonds is 4. The van der Waals surface area contributed by atoms with Gasteiger partial charge in [-0.05, 0) is 36.6 Å². The van der Waals surface area contributed by atoms with Crippen molar-refractivity contribution in [3.05, 3.63) is 59.3 Å². The topological polar surface area (TPSA) is 37.3 Å². The summed E-state index contributed by atoms with van der Waals surface area (Å²) in [6.07, 6.45) is -2.64. The van der Waals surface area contributed by atoms with Crippen LogP contribution in [0, 0.1) is 0 Å². The van der Waals surface area contributed by atoms with Crippen LogP contribution in [0.2, 0.25) is 0 Å². The fraction of sp³-hybridized carbons (Fsp3) is 0.250. The number of hydrogen-bond donors (Lipinski definition) is 1. The number of nitrogens with one attached hydrogen (secondary N) is 1. The summed E-state index contributed by atoms with van der Waals surface area (Å²) in [7, 11) is 0. The lowest BCUT2D eigenvalue weighted by molar-refractivity contribution is -0.137. The van der Waals surface area contributed by atoms with Crippen molar-refractivity contribution in [1.29, 1.82) is 0 Å². The van der Waals surface area contributed by atoms with Gasteiger partial charge in [0.05, 0.1) is 11.3 Å². The normalized spacial score (nSPS) is 12.3. The van der Waals surface area contributed by atoms with E-state index in [9.17, 15) is 13.2 Å². The molecule has 1 N–H and O–H groups in total. The lowest BCUT2D eigenvalue weighted by Gasteiger charge is -2.07. The predicted molar refractivity (Wildman–Crippen MR) is 80.9 cm³/mol. The molecule has 1 heterocycles. The van der Waals surface area contributed by atoms with Crippen LogP contribution in [0.15, 0.2) is 47.7 Å². The predicted octanol–water partition coefficient (Wildman–Crippen LogP) is 4.50. The van der Waals surface area contributed by atoms with Crippen molar-refractivity contribution in [2.45, 2.75) is 26.4 Å². The van der Waals surface area contributed by atoms with Crippen molar-refractivity contribution < 1.29 is 13.2 Å². The summed E-state index contributed by atoms with van der Waals surface area (Å²) in [5, 5.41) is 4.13. The molecule has 0 unspecified atom stereocenters. The molecule has 0 saturated carbocycles. The van der Waals surface area contributed by atoms with Crippen molar-refractivity contribution in [3.8, 4) is 0 Å². The summed E-state index contributed by atoms with van der Waals surface area (Å²) < 4.78 is 37.3. The number of anilines is 1. The summed E-state index contributed by atoms with van der Waals surface area (Å²) in [4.78, 5) is 3.70. The molecule has 1 aromatic carbocycles. The molecule has 0 fully saturated rings. The highest BCUT2D eigenvalue weighted by atomic mass is 19.4. The Morgan fingerprint density at radius 1 is 1.14 bits per heavy atom. The molecule has 0 radical (unpaired) electrons. The van der Waals surface area contributed by atoms with E-state index in [4.69, 9.17) is 0 Å². The molecule has 0 spiro atoms. The van der Waals surface area contributed by atoms with Gasteiger partial charge in [0, 0.05) is 6.20 Å². The van der Waals surface area contributed by atoms with E-state index in [1.807, 2.05) is 31.2 Å². The maximum absolute atomic E-state index is 12.4. The van der Waals surface area contributed by atoms with Crippen molar-refractivity contribution >= 4 is 11.5 Å². The number of aromatic nitrogens is 1. The van der Waals surface area contributed by atoms with E-state index in [0.29, 0.717) is 0 Å². The summed E-state index contributed by atoms with van der Waals surface area (Å²) in [6, 6.07) is 10.2. The smallest absolute Gasteiger partial charge is 0.261 e. The molecular weight excluding hydrogens is 291 g/mol. The molecule has 116 valence electrons. The molecule has 1 aromatic heterocycles. The molecule has 22 heavy (non-hydrogen) atoms. The van der Waals surface area contributed by atoms with Gasteiger partial charge in [-0.25, -0.2) is 4.98 Å². The van der Waals surface area contributed by atoms with E-state index >= 15 is 0 Å². The number of halogens is 3. The Labute approximate surface area is 126 Å². The standard InChI is InChI=1S/C16H16F3N3/c1-3-12-4-6-13(7-5-12)11(2)21-22-15-9-8-14(10-20-15)16(17,18)19/h4-10H,3H2,1-2H3,(H,20,22)/b21-11-. The zero-order chi connectivity index (χ0) is 16.2. The van der Waals surface area contributed by atoms with E-state index in [2.05, 4.69) is 22.4 Å². The van der Waals surface area contributed by atoms with Gasteiger partial charge in [0.25, 0.3) is 0 Å². The van der Waals surface area contributed by atoms with Crippen molar-refractivity contribution in [2.75, 3.05) is 5.43 Å². The molecule has 0 aliphatic heterocycles. The van der Waals surface area contributed by atoms with Crippen LogP contribution in [0.3, 0.4) is 0 Å². The molecule has 0 aliphatic rings. The molecular formula is C16H16F3N3. The van der Waals surface area contributed by atoms with E-state index in [1.54, 1.807) is 0 Å².